The minimum atomic E-state index is -0.352. The summed E-state index contributed by atoms with van der Waals surface area (Å²) in [6, 6.07) is 14.4. The van der Waals surface area contributed by atoms with Crippen LogP contribution in [0.2, 0.25) is 5.02 Å². The van der Waals surface area contributed by atoms with E-state index >= 15 is 0 Å². The van der Waals surface area contributed by atoms with Crippen LogP contribution < -0.4 is 5.32 Å². The van der Waals surface area contributed by atoms with Crippen molar-refractivity contribution in [3.05, 3.63) is 77.8 Å². The number of H-pyrrole nitrogens is 1. The van der Waals surface area contributed by atoms with E-state index in [0.717, 1.165) is 0 Å². The van der Waals surface area contributed by atoms with Crippen LogP contribution in [0.15, 0.2) is 67.1 Å². The Kier molecular flexibility index (Phi) is 4.20. The monoisotopic (exact) mass is 364 g/mol. The minimum absolute atomic E-state index is 0.262. The second-order valence-corrected chi connectivity index (χ2v) is 5.83. The van der Waals surface area contributed by atoms with Crippen molar-refractivity contribution in [2.24, 2.45) is 0 Å². The molecule has 0 saturated heterocycles. The highest BCUT2D eigenvalue weighted by molar-refractivity contribution is 6.32. The normalized spacial score (nSPS) is 10.7. The molecule has 2 N–H and O–H groups in total. The lowest BCUT2D eigenvalue weighted by Gasteiger charge is -2.05. The van der Waals surface area contributed by atoms with E-state index in [9.17, 15) is 4.79 Å². The van der Waals surface area contributed by atoms with Crippen LogP contribution >= 0.6 is 11.6 Å². The van der Waals surface area contributed by atoms with E-state index < -0.39 is 0 Å². The SMILES string of the molecule is O=C(Nc1cn[nH]c1-c1ccccn1)c1ccn(-c2ccccc2Cl)n1. The number of aromatic nitrogens is 5. The first-order valence-corrected chi connectivity index (χ1v) is 8.17. The smallest absolute Gasteiger partial charge is 0.276 e. The maximum atomic E-state index is 12.5. The van der Waals surface area contributed by atoms with Gasteiger partial charge in [0, 0.05) is 12.4 Å². The van der Waals surface area contributed by atoms with Crippen LogP contribution in [0.25, 0.3) is 17.1 Å². The molecule has 1 aromatic carbocycles. The molecule has 0 aliphatic carbocycles. The molecule has 1 amide bonds. The van der Waals surface area contributed by atoms with Gasteiger partial charge in [0.15, 0.2) is 5.69 Å². The van der Waals surface area contributed by atoms with Gasteiger partial charge >= 0.3 is 0 Å². The molecule has 0 atom stereocenters. The highest BCUT2D eigenvalue weighted by Crippen LogP contribution is 2.24. The zero-order valence-corrected chi connectivity index (χ0v) is 14.2. The Hall–Kier alpha value is -3.45. The molecule has 0 fully saturated rings. The molecule has 8 heteroatoms. The van der Waals surface area contributed by atoms with E-state index in [1.165, 1.54) is 6.20 Å². The average molecular weight is 365 g/mol. The third-order valence-electron chi connectivity index (χ3n) is 3.73. The molecular formula is C18H13ClN6O. The van der Waals surface area contributed by atoms with Gasteiger partial charge in [-0.2, -0.15) is 10.2 Å². The van der Waals surface area contributed by atoms with E-state index in [2.05, 4.69) is 25.6 Å². The molecule has 4 rings (SSSR count). The highest BCUT2D eigenvalue weighted by atomic mass is 35.5. The van der Waals surface area contributed by atoms with Crippen LogP contribution in [0, 0.1) is 0 Å². The minimum Gasteiger partial charge on any atom is -0.317 e. The van der Waals surface area contributed by atoms with Crippen LogP contribution in [-0.2, 0) is 0 Å². The summed E-state index contributed by atoms with van der Waals surface area (Å²) in [6.07, 6.45) is 4.89. The van der Waals surface area contributed by atoms with E-state index in [1.54, 1.807) is 29.2 Å². The molecule has 4 aromatic rings. The summed E-state index contributed by atoms with van der Waals surface area (Å²) in [5, 5.41) is 14.5. The molecule has 0 radical (unpaired) electrons. The molecule has 0 aliphatic heterocycles. The lowest BCUT2D eigenvalue weighted by atomic mass is 10.2. The zero-order chi connectivity index (χ0) is 17.9. The zero-order valence-electron chi connectivity index (χ0n) is 13.4. The number of nitrogens with one attached hydrogen (secondary N) is 2. The number of pyridine rings is 1. The second kappa shape index (κ2) is 6.81. The number of amides is 1. The van der Waals surface area contributed by atoms with Crippen molar-refractivity contribution < 1.29 is 4.79 Å². The number of aromatic amines is 1. The number of para-hydroxylation sites is 1. The predicted molar refractivity (Wildman–Crippen MR) is 98.3 cm³/mol. The molecular weight excluding hydrogens is 352 g/mol. The molecule has 3 heterocycles. The number of anilines is 1. The van der Waals surface area contributed by atoms with Gasteiger partial charge in [-0.3, -0.25) is 14.9 Å². The van der Waals surface area contributed by atoms with Gasteiger partial charge in [-0.05, 0) is 30.3 Å². The van der Waals surface area contributed by atoms with Crippen LogP contribution in [0.3, 0.4) is 0 Å². The van der Waals surface area contributed by atoms with Crippen molar-refractivity contribution in [2.75, 3.05) is 5.32 Å². The lowest BCUT2D eigenvalue weighted by molar-refractivity contribution is 0.102. The molecule has 0 saturated carbocycles. The molecule has 26 heavy (non-hydrogen) atoms. The third kappa shape index (κ3) is 3.07. The van der Waals surface area contributed by atoms with Crippen molar-refractivity contribution in [3.63, 3.8) is 0 Å². The Morgan fingerprint density at radius 2 is 1.96 bits per heavy atom. The van der Waals surface area contributed by atoms with Crippen molar-refractivity contribution >= 4 is 23.2 Å². The van der Waals surface area contributed by atoms with Crippen molar-refractivity contribution in [2.45, 2.75) is 0 Å². The van der Waals surface area contributed by atoms with Gasteiger partial charge < -0.3 is 5.32 Å². The van der Waals surface area contributed by atoms with Crippen molar-refractivity contribution in [3.8, 4) is 17.1 Å². The number of carbonyl (C=O) groups is 1. The summed E-state index contributed by atoms with van der Waals surface area (Å²) in [7, 11) is 0. The summed E-state index contributed by atoms with van der Waals surface area (Å²) < 4.78 is 1.56. The second-order valence-electron chi connectivity index (χ2n) is 5.42. The van der Waals surface area contributed by atoms with Crippen molar-refractivity contribution in [1.29, 1.82) is 0 Å². The van der Waals surface area contributed by atoms with Gasteiger partial charge in [-0.15, -0.1) is 0 Å². The topological polar surface area (TPSA) is 88.5 Å². The van der Waals surface area contributed by atoms with Crippen LogP contribution in [0.4, 0.5) is 5.69 Å². The van der Waals surface area contributed by atoms with Gasteiger partial charge in [0.1, 0.15) is 5.69 Å². The maximum Gasteiger partial charge on any atom is 0.276 e. The van der Waals surface area contributed by atoms with E-state index in [-0.39, 0.29) is 11.6 Å². The van der Waals surface area contributed by atoms with Gasteiger partial charge in [-0.25, -0.2) is 4.68 Å². The summed E-state index contributed by atoms with van der Waals surface area (Å²) in [6.45, 7) is 0. The summed E-state index contributed by atoms with van der Waals surface area (Å²) in [4.78, 5) is 16.8. The van der Waals surface area contributed by atoms with Gasteiger partial charge in [0.05, 0.1) is 28.3 Å². The number of carbonyl (C=O) groups excluding carboxylic acids is 1. The third-order valence-corrected chi connectivity index (χ3v) is 4.05. The summed E-state index contributed by atoms with van der Waals surface area (Å²) >= 11 is 6.17. The molecule has 3 aromatic heterocycles. The van der Waals surface area contributed by atoms with Crippen LogP contribution in [0.1, 0.15) is 10.5 Å². The first-order valence-electron chi connectivity index (χ1n) is 7.79. The van der Waals surface area contributed by atoms with Gasteiger partial charge in [0.2, 0.25) is 0 Å². The van der Waals surface area contributed by atoms with Gasteiger partial charge in [0.25, 0.3) is 5.91 Å². The Morgan fingerprint density at radius 1 is 1.12 bits per heavy atom. The van der Waals surface area contributed by atoms with Crippen LogP contribution in [-0.4, -0.2) is 30.9 Å². The molecule has 7 nitrogen and oxygen atoms in total. The number of rotatable bonds is 4. The van der Waals surface area contributed by atoms with E-state index in [0.29, 0.717) is 27.8 Å². The highest BCUT2D eigenvalue weighted by Gasteiger charge is 2.15. The number of benzene rings is 1. The summed E-state index contributed by atoms with van der Waals surface area (Å²) in [5.41, 5.74) is 2.80. The number of nitrogens with zero attached hydrogens (tertiary/aromatic N) is 4. The van der Waals surface area contributed by atoms with E-state index in [1.807, 2.05) is 36.4 Å². The summed E-state index contributed by atoms with van der Waals surface area (Å²) in [5.74, 6) is -0.352. The molecule has 0 unspecified atom stereocenters. The fourth-order valence-electron chi connectivity index (χ4n) is 2.49. The Morgan fingerprint density at radius 3 is 2.77 bits per heavy atom. The molecule has 0 spiro atoms. The number of hydrogen-bond donors (Lipinski definition) is 2. The predicted octanol–water partition coefficient (Wildman–Crippen LogP) is 3.56. The standard InChI is InChI=1S/C18H13ClN6O/c19-12-5-1-2-7-16(12)25-10-8-14(24-25)18(26)22-15-11-21-23-17(15)13-6-3-4-9-20-13/h1-11H,(H,21,23)(H,22,26). The fraction of sp³-hybridized carbons (Fsp3) is 0. The molecule has 0 aliphatic rings. The Bertz CT molecular complexity index is 1060. The van der Waals surface area contributed by atoms with E-state index in [4.69, 9.17) is 11.6 Å². The first-order chi connectivity index (χ1) is 12.7. The average Bonchev–Trinajstić information content (AvgIpc) is 3.32. The number of hydrogen-bond acceptors (Lipinski definition) is 4. The first kappa shape index (κ1) is 16.0. The fourth-order valence-corrected chi connectivity index (χ4v) is 2.71. The quantitative estimate of drug-likeness (QED) is 0.579. The van der Waals surface area contributed by atoms with Gasteiger partial charge in [-0.1, -0.05) is 29.8 Å². The lowest BCUT2D eigenvalue weighted by Crippen LogP contribution is -2.13. The molecule has 0 bridgehead atoms. The maximum absolute atomic E-state index is 12.5. The largest absolute Gasteiger partial charge is 0.317 e. The molecule has 128 valence electrons. The number of halogens is 1. The Balaban J connectivity index is 1.57. The van der Waals surface area contributed by atoms with Crippen LogP contribution in [0.5, 0.6) is 0 Å². The van der Waals surface area contributed by atoms with Crippen molar-refractivity contribution in [1.82, 2.24) is 25.0 Å². The Labute approximate surface area is 153 Å².